The summed E-state index contributed by atoms with van der Waals surface area (Å²) in [6.07, 6.45) is 4.40. The van der Waals surface area contributed by atoms with Crippen LogP contribution in [0.15, 0.2) is 42.5 Å². The van der Waals surface area contributed by atoms with Crippen LogP contribution in [0.5, 0.6) is 5.75 Å². The molecule has 0 fully saturated rings. The van der Waals surface area contributed by atoms with Gasteiger partial charge in [0.15, 0.2) is 0 Å². The van der Waals surface area contributed by atoms with Crippen molar-refractivity contribution in [1.82, 2.24) is 4.98 Å². The summed E-state index contributed by atoms with van der Waals surface area (Å²) in [4.78, 5) is 3.49. The fourth-order valence-corrected chi connectivity index (χ4v) is 2.66. The van der Waals surface area contributed by atoms with Gasteiger partial charge in [-0.2, -0.15) is 0 Å². The Labute approximate surface area is 105 Å². The fraction of sp³-hybridized carbons (Fsp3) is 0.125. The van der Waals surface area contributed by atoms with Crippen molar-refractivity contribution in [2.45, 2.75) is 13.0 Å². The zero-order valence-corrected chi connectivity index (χ0v) is 10.1. The average Bonchev–Trinajstić information content (AvgIpc) is 2.77. The molecule has 18 heavy (non-hydrogen) atoms. The SMILES string of the molecule is CC1C=Cc2c(ccc3c2[nH]c2ccccc23)O1. The second-order valence-electron chi connectivity index (χ2n) is 4.75. The quantitative estimate of drug-likeness (QED) is 0.623. The van der Waals surface area contributed by atoms with Gasteiger partial charge in [0, 0.05) is 21.9 Å². The lowest BCUT2D eigenvalue weighted by Crippen LogP contribution is -2.12. The number of benzene rings is 2. The summed E-state index contributed by atoms with van der Waals surface area (Å²) in [7, 11) is 0. The second kappa shape index (κ2) is 3.39. The first-order valence-corrected chi connectivity index (χ1v) is 6.21. The molecule has 0 aliphatic carbocycles. The zero-order chi connectivity index (χ0) is 12.1. The van der Waals surface area contributed by atoms with Crippen molar-refractivity contribution in [3.63, 3.8) is 0 Å². The molecule has 1 aromatic heterocycles. The molecule has 0 saturated carbocycles. The Balaban J connectivity index is 2.14. The summed E-state index contributed by atoms with van der Waals surface area (Å²) in [5.74, 6) is 0.962. The highest BCUT2D eigenvalue weighted by Gasteiger charge is 2.15. The molecular weight excluding hydrogens is 222 g/mol. The Hall–Kier alpha value is -2.22. The third-order valence-electron chi connectivity index (χ3n) is 3.53. The van der Waals surface area contributed by atoms with Crippen LogP contribution in [0.3, 0.4) is 0 Å². The molecule has 0 spiro atoms. The summed E-state index contributed by atoms with van der Waals surface area (Å²) < 4.78 is 5.83. The maximum Gasteiger partial charge on any atom is 0.129 e. The minimum Gasteiger partial charge on any atom is -0.486 e. The smallest absolute Gasteiger partial charge is 0.129 e. The van der Waals surface area contributed by atoms with E-state index in [9.17, 15) is 0 Å². The summed E-state index contributed by atoms with van der Waals surface area (Å²) in [6, 6.07) is 12.6. The standard InChI is InChI=1S/C16H13NO/c1-10-6-7-13-15(18-10)9-8-12-11-4-2-3-5-14(11)17-16(12)13/h2-10,17H,1H3. The predicted octanol–water partition coefficient (Wildman–Crippen LogP) is 4.12. The van der Waals surface area contributed by atoms with Gasteiger partial charge in [0.25, 0.3) is 0 Å². The number of hydrogen-bond donors (Lipinski definition) is 1. The largest absolute Gasteiger partial charge is 0.486 e. The van der Waals surface area contributed by atoms with Gasteiger partial charge in [-0.15, -0.1) is 0 Å². The van der Waals surface area contributed by atoms with E-state index in [0.717, 1.165) is 16.8 Å². The van der Waals surface area contributed by atoms with Crippen LogP contribution in [0.2, 0.25) is 0 Å². The molecular formula is C16H13NO. The molecule has 1 N–H and O–H groups in total. The third-order valence-corrected chi connectivity index (χ3v) is 3.53. The molecule has 0 radical (unpaired) electrons. The number of H-pyrrole nitrogens is 1. The highest BCUT2D eigenvalue weighted by atomic mass is 16.5. The van der Waals surface area contributed by atoms with Crippen molar-refractivity contribution >= 4 is 27.9 Å². The molecule has 2 heteroatoms. The van der Waals surface area contributed by atoms with Crippen molar-refractivity contribution in [1.29, 1.82) is 0 Å². The molecule has 0 saturated heterocycles. The van der Waals surface area contributed by atoms with Crippen molar-refractivity contribution in [3.8, 4) is 5.75 Å². The van der Waals surface area contributed by atoms with Gasteiger partial charge < -0.3 is 9.72 Å². The van der Waals surface area contributed by atoms with Crippen LogP contribution in [0.25, 0.3) is 27.9 Å². The number of rotatable bonds is 0. The number of fused-ring (bicyclic) bond motifs is 5. The van der Waals surface area contributed by atoms with Gasteiger partial charge in [0.2, 0.25) is 0 Å². The number of ether oxygens (including phenoxy) is 1. The Morgan fingerprint density at radius 3 is 2.89 bits per heavy atom. The maximum absolute atomic E-state index is 5.83. The normalized spacial score (nSPS) is 17.9. The van der Waals surface area contributed by atoms with Crippen molar-refractivity contribution < 1.29 is 4.74 Å². The van der Waals surface area contributed by atoms with Crippen LogP contribution in [0.1, 0.15) is 12.5 Å². The Bertz CT molecular complexity index is 782. The monoisotopic (exact) mass is 235 g/mol. The molecule has 88 valence electrons. The van der Waals surface area contributed by atoms with Gasteiger partial charge in [-0.1, -0.05) is 18.2 Å². The Morgan fingerprint density at radius 1 is 1.06 bits per heavy atom. The van der Waals surface area contributed by atoms with E-state index in [1.54, 1.807) is 0 Å². The van der Waals surface area contributed by atoms with Gasteiger partial charge >= 0.3 is 0 Å². The molecule has 1 unspecified atom stereocenters. The molecule has 2 nitrogen and oxygen atoms in total. The van der Waals surface area contributed by atoms with Gasteiger partial charge in [-0.3, -0.25) is 0 Å². The van der Waals surface area contributed by atoms with Gasteiger partial charge in [-0.25, -0.2) is 0 Å². The van der Waals surface area contributed by atoms with Gasteiger partial charge in [-0.05, 0) is 37.3 Å². The molecule has 2 aromatic carbocycles. The number of hydrogen-bond acceptors (Lipinski definition) is 1. The van der Waals surface area contributed by atoms with Crippen molar-refractivity contribution in [2.24, 2.45) is 0 Å². The molecule has 2 heterocycles. The van der Waals surface area contributed by atoms with Crippen LogP contribution in [0.4, 0.5) is 0 Å². The molecule has 1 aliphatic rings. The number of aromatic nitrogens is 1. The first-order valence-electron chi connectivity index (χ1n) is 6.21. The lowest BCUT2D eigenvalue weighted by atomic mass is 10.1. The number of nitrogens with one attached hydrogen (secondary N) is 1. The van der Waals surface area contributed by atoms with E-state index < -0.39 is 0 Å². The summed E-state index contributed by atoms with van der Waals surface area (Å²) in [5.41, 5.74) is 3.49. The van der Waals surface area contributed by atoms with E-state index in [-0.39, 0.29) is 6.10 Å². The highest BCUT2D eigenvalue weighted by molar-refractivity contribution is 6.10. The predicted molar refractivity (Wildman–Crippen MR) is 74.9 cm³/mol. The van der Waals surface area contributed by atoms with Crippen LogP contribution >= 0.6 is 0 Å². The van der Waals surface area contributed by atoms with Crippen LogP contribution in [-0.2, 0) is 0 Å². The first kappa shape index (κ1) is 9.77. The van der Waals surface area contributed by atoms with Crippen LogP contribution in [-0.4, -0.2) is 11.1 Å². The summed E-state index contributed by atoms with van der Waals surface area (Å²) >= 11 is 0. The van der Waals surface area contributed by atoms with Crippen LogP contribution in [0, 0.1) is 0 Å². The van der Waals surface area contributed by atoms with Gasteiger partial charge in [0.05, 0.1) is 5.52 Å². The summed E-state index contributed by atoms with van der Waals surface area (Å²) in [5, 5.41) is 2.52. The highest BCUT2D eigenvalue weighted by Crippen LogP contribution is 2.35. The second-order valence-corrected chi connectivity index (χ2v) is 4.75. The van der Waals surface area contributed by atoms with Crippen LogP contribution < -0.4 is 4.74 Å². The Kier molecular flexibility index (Phi) is 1.84. The molecule has 3 aromatic rings. The third kappa shape index (κ3) is 1.23. The molecule has 1 aliphatic heterocycles. The maximum atomic E-state index is 5.83. The van der Waals surface area contributed by atoms with Crippen molar-refractivity contribution in [3.05, 3.63) is 48.0 Å². The van der Waals surface area contributed by atoms with E-state index in [1.807, 2.05) is 0 Å². The molecule has 0 amide bonds. The first-order chi connectivity index (χ1) is 8.83. The van der Waals surface area contributed by atoms with Gasteiger partial charge in [0.1, 0.15) is 11.9 Å². The van der Waals surface area contributed by atoms with E-state index in [1.165, 1.54) is 16.3 Å². The zero-order valence-electron chi connectivity index (χ0n) is 10.1. The molecule has 0 bridgehead atoms. The minimum absolute atomic E-state index is 0.152. The minimum atomic E-state index is 0.152. The fourth-order valence-electron chi connectivity index (χ4n) is 2.66. The average molecular weight is 235 g/mol. The van der Waals surface area contributed by atoms with E-state index in [2.05, 4.69) is 60.5 Å². The number of aromatic amines is 1. The molecule has 4 rings (SSSR count). The van der Waals surface area contributed by atoms with E-state index in [0.29, 0.717) is 0 Å². The van der Waals surface area contributed by atoms with E-state index >= 15 is 0 Å². The Morgan fingerprint density at radius 2 is 1.94 bits per heavy atom. The topological polar surface area (TPSA) is 25.0 Å². The van der Waals surface area contributed by atoms with E-state index in [4.69, 9.17) is 4.74 Å². The lowest BCUT2D eigenvalue weighted by molar-refractivity contribution is 0.266. The van der Waals surface area contributed by atoms with Crippen molar-refractivity contribution in [2.75, 3.05) is 0 Å². The lowest BCUT2D eigenvalue weighted by Gasteiger charge is -2.18. The number of para-hydroxylation sites is 1. The summed E-state index contributed by atoms with van der Waals surface area (Å²) in [6.45, 7) is 2.05. The molecule has 1 atom stereocenters.